The average molecular weight is 213 g/mol. The molecule has 1 saturated heterocycles. The molecule has 14 heavy (non-hydrogen) atoms. The molecule has 0 saturated carbocycles. The van der Waals surface area contributed by atoms with Crippen molar-refractivity contribution in [2.75, 3.05) is 6.54 Å². The molecule has 1 rings (SSSR count). The van der Waals surface area contributed by atoms with Crippen molar-refractivity contribution in [2.24, 2.45) is 0 Å². The summed E-state index contributed by atoms with van der Waals surface area (Å²) in [4.78, 5) is 0. The van der Waals surface area contributed by atoms with Crippen molar-refractivity contribution < 1.29 is 17.6 Å². The molecule has 0 amide bonds. The first kappa shape index (κ1) is 11.8. The summed E-state index contributed by atoms with van der Waals surface area (Å²) < 4.78 is 47.9. The minimum absolute atomic E-state index is 0.0735. The summed E-state index contributed by atoms with van der Waals surface area (Å²) >= 11 is 0. The Hall–Kier alpha value is -0.320. The van der Waals surface area contributed by atoms with Crippen LogP contribution in [0.5, 0.6) is 0 Å². The van der Waals surface area contributed by atoms with Crippen LogP contribution in [0.2, 0.25) is 0 Å². The maximum Gasteiger partial charge on any atom is 0.419 e. The van der Waals surface area contributed by atoms with E-state index < -0.39 is 18.8 Å². The minimum atomic E-state index is -4.69. The lowest BCUT2D eigenvalue weighted by Gasteiger charge is -2.24. The monoisotopic (exact) mass is 213 g/mol. The zero-order chi connectivity index (χ0) is 10.6. The Morgan fingerprint density at radius 2 is 2.00 bits per heavy atom. The average Bonchev–Trinajstić information content (AvgIpc) is 2.14. The summed E-state index contributed by atoms with van der Waals surface area (Å²) in [6.07, 6.45) is -4.53. The predicted molar refractivity (Wildman–Crippen MR) is 45.8 cm³/mol. The van der Waals surface area contributed by atoms with E-state index in [0.717, 1.165) is 25.8 Å². The van der Waals surface area contributed by atoms with E-state index in [4.69, 9.17) is 0 Å². The summed E-state index contributed by atoms with van der Waals surface area (Å²) in [5, 5.41) is 3.09. The molecule has 0 aromatic heterocycles. The van der Waals surface area contributed by atoms with E-state index in [1.807, 2.05) is 0 Å². The number of piperidine rings is 1. The Labute approximate surface area is 80.9 Å². The van der Waals surface area contributed by atoms with Crippen molar-refractivity contribution in [3.05, 3.63) is 0 Å². The zero-order valence-electron chi connectivity index (χ0n) is 7.91. The Bertz CT molecular complexity index is 163. The van der Waals surface area contributed by atoms with Crippen LogP contribution in [0.3, 0.4) is 0 Å². The van der Waals surface area contributed by atoms with Gasteiger partial charge in [-0.2, -0.15) is 13.2 Å². The molecule has 0 spiro atoms. The topological polar surface area (TPSA) is 12.0 Å². The number of halogens is 4. The molecule has 0 aliphatic carbocycles. The fraction of sp³-hybridized carbons (Fsp3) is 1.00. The number of rotatable bonds is 3. The summed E-state index contributed by atoms with van der Waals surface area (Å²) in [6, 6.07) is 0.0735. The van der Waals surface area contributed by atoms with E-state index in [1.165, 1.54) is 0 Å². The van der Waals surface area contributed by atoms with Crippen LogP contribution in [0.15, 0.2) is 0 Å². The molecule has 0 bridgehead atoms. The van der Waals surface area contributed by atoms with Gasteiger partial charge >= 0.3 is 6.18 Å². The first-order chi connectivity index (χ1) is 6.50. The Morgan fingerprint density at radius 3 is 2.50 bits per heavy atom. The zero-order valence-corrected chi connectivity index (χ0v) is 7.91. The number of alkyl halides is 4. The van der Waals surface area contributed by atoms with Gasteiger partial charge < -0.3 is 5.32 Å². The molecule has 1 aliphatic heterocycles. The van der Waals surface area contributed by atoms with E-state index in [2.05, 4.69) is 5.32 Å². The molecule has 2 unspecified atom stereocenters. The van der Waals surface area contributed by atoms with Gasteiger partial charge in [-0.1, -0.05) is 6.42 Å². The highest BCUT2D eigenvalue weighted by molar-refractivity contribution is 4.75. The van der Waals surface area contributed by atoms with Crippen molar-refractivity contribution >= 4 is 0 Å². The van der Waals surface area contributed by atoms with E-state index in [-0.39, 0.29) is 12.5 Å². The van der Waals surface area contributed by atoms with E-state index in [1.54, 1.807) is 0 Å². The van der Waals surface area contributed by atoms with Gasteiger partial charge in [0.25, 0.3) is 0 Å². The van der Waals surface area contributed by atoms with Crippen molar-refractivity contribution in [1.82, 2.24) is 5.32 Å². The molecule has 1 fully saturated rings. The smallest absolute Gasteiger partial charge is 0.314 e. The third-order valence-corrected chi connectivity index (χ3v) is 2.54. The highest BCUT2D eigenvalue weighted by Crippen LogP contribution is 2.27. The van der Waals surface area contributed by atoms with Crippen LogP contribution in [0, 0.1) is 0 Å². The van der Waals surface area contributed by atoms with E-state index in [9.17, 15) is 17.6 Å². The Balaban J connectivity index is 2.19. The molecule has 2 atom stereocenters. The summed E-state index contributed by atoms with van der Waals surface area (Å²) in [7, 11) is 0. The molecular formula is C9H15F4N. The van der Waals surface area contributed by atoms with E-state index >= 15 is 0 Å². The van der Waals surface area contributed by atoms with Gasteiger partial charge in [-0.25, -0.2) is 4.39 Å². The van der Waals surface area contributed by atoms with Crippen LogP contribution < -0.4 is 5.32 Å². The van der Waals surface area contributed by atoms with Crippen LogP contribution in [0.4, 0.5) is 17.6 Å². The Kier molecular flexibility index (Phi) is 4.16. The Morgan fingerprint density at radius 1 is 1.29 bits per heavy atom. The summed E-state index contributed by atoms with van der Waals surface area (Å²) in [6.45, 7) is 0.841. The van der Waals surface area contributed by atoms with Crippen molar-refractivity contribution in [3.8, 4) is 0 Å². The second-order valence-electron chi connectivity index (χ2n) is 3.73. The molecule has 0 aromatic carbocycles. The van der Waals surface area contributed by atoms with Gasteiger partial charge in [0, 0.05) is 6.04 Å². The van der Waals surface area contributed by atoms with Crippen LogP contribution in [0.1, 0.15) is 32.1 Å². The number of nitrogens with one attached hydrogen (secondary N) is 1. The van der Waals surface area contributed by atoms with E-state index in [0.29, 0.717) is 0 Å². The normalized spacial score (nSPS) is 26.1. The van der Waals surface area contributed by atoms with Gasteiger partial charge in [0.1, 0.15) is 0 Å². The molecule has 1 nitrogen and oxygen atoms in total. The lowest BCUT2D eigenvalue weighted by atomic mass is 9.99. The van der Waals surface area contributed by atoms with Gasteiger partial charge in [-0.05, 0) is 32.2 Å². The largest absolute Gasteiger partial charge is 0.419 e. The third-order valence-electron chi connectivity index (χ3n) is 2.54. The van der Waals surface area contributed by atoms with Crippen LogP contribution >= 0.6 is 0 Å². The van der Waals surface area contributed by atoms with Gasteiger partial charge in [-0.3, -0.25) is 0 Å². The first-order valence-corrected chi connectivity index (χ1v) is 4.94. The third kappa shape index (κ3) is 3.82. The number of hydrogen-bond donors (Lipinski definition) is 1. The molecule has 5 heteroatoms. The molecular weight excluding hydrogens is 198 g/mol. The fourth-order valence-corrected chi connectivity index (χ4v) is 1.68. The van der Waals surface area contributed by atoms with Crippen LogP contribution in [0.25, 0.3) is 0 Å². The summed E-state index contributed by atoms with van der Waals surface area (Å²) in [5.74, 6) is 0. The quantitative estimate of drug-likeness (QED) is 0.711. The highest BCUT2D eigenvalue weighted by atomic mass is 19.4. The molecule has 84 valence electrons. The lowest BCUT2D eigenvalue weighted by molar-refractivity contribution is -0.182. The first-order valence-electron chi connectivity index (χ1n) is 4.94. The van der Waals surface area contributed by atoms with Gasteiger partial charge in [0.15, 0.2) is 6.17 Å². The van der Waals surface area contributed by atoms with Gasteiger partial charge in [-0.15, -0.1) is 0 Å². The predicted octanol–water partition coefficient (Wildman–Crippen LogP) is 2.81. The molecule has 0 radical (unpaired) electrons. The molecule has 1 aliphatic rings. The van der Waals surface area contributed by atoms with Crippen LogP contribution in [-0.2, 0) is 0 Å². The van der Waals surface area contributed by atoms with Crippen molar-refractivity contribution in [1.29, 1.82) is 0 Å². The molecule has 0 aromatic rings. The SMILES string of the molecule is FC(CCC1CCCCN1)C(F)(F)F. The lowest BCUT2D eigenvalue weighted by Crippen LogP contribution is -2.35. The molecule has 1 N–H and O–H groups in total. The second kappa shape index (κ2) is 4.96. The highest BCUT2D eigenvalue weighted by Gasteiger charge is 2.39. The molecule has 1 heterocycles. The maximum absolute atomic E-state index is 12.5. The van der Waals surface area contributed by atoms with Crippen molar-refractivity contribution in [3.63, 3.8) is 0 Å². The van der Waals surface area contributed by atoms with Gasteiger partial charge in [0.2, 0.25) is 0 Å². The number of hydrogen-bond acceptors (Lipinski definition) is 1. The van der Waals surface area contributed by atoms with Crippen LogP contribution in [-0.4, -0.2) is 24.9 Å². The fourth-order valence-electron chi connectivity index (χ4n) is 1.68. The van der Waals surface area contributed by atoms with Gasteiger partial charge in [0.05, 0.1) is 0 Å². The maximum atomic E-state index is 12.5. The standard InChI is InChI=1S/C9H15F4N/c10-8(9(11,12)13)5-4-7-3-1-2-6-14-7/h7-8,14H,1-6H2. The second-order valence-corrected chi connectivity index (χ2v) is 3.73. The summed E-state index contributed by atoms with van der Waals surface area (Å²) in [5.41, 5.74) is 0. The van der Waals surface area contributed by atoms with Crippen molar-refractivity contribution in [2.45, 2.75) is 50.5 Å². The minimum Gasteiger partial charge on any atom is -0.314 e.